The van der Waals surface area contributed by atoms with Gasteiger partial charge in [0.05, 0.1) is 10.7 Å². The molecular weight excluding hydrogens is 305 g/mol. The Morgan fingerprint density at radius 1 is 1.40 bits per heavy atom. The standard InChI is InChI=1S/C8H4BrClFN3S/c9-7-13-14-8(15-7)12-6-4(10)2-1-3-5(6)11/h1-3H,(H,12,14). The highest BCUT2D eigenvalue weighted by Gasteiger charge is 2.09. The van der Waals surface area contributed by atoms with E-state index in [9.17, 15) is 4.39 Å². The summed E-state index contributed by atoms with van der Waals surface area (Å²) in [4.78, 5) is 0. The van der Waals surface area contributed by atoms with Gasteiger partial charge in [-0.3, -0.25) is 0 Å². The first-order valence-corrected chi connectivity index (χ1v) is 5.85. The fraction of sp³-hybridized carbons (Fsp3) is 0. The molecule has 0 spiro atoms. The third-order valence-electron chi connectivity index (χ3n) is 1.60. The van der Waals surface area contributed by atoms with Crippen molar-refractivity contribution in [3.63, 3.8) is 0 Å². The van der Waals surface area contributed by atoms with Crippen molar-refractivity contribution in [3.8, 4) is 0 Å². The van der Waals surface area contributed by atoms with Crippen molar-refractivity contribution in [2.24, 2.45) is 0 Å². The molecule has 0 bridgehead atoms. The Morgan fingerprint density at radius 3 is 2.80 bits per heavy atom. The van der Waals surface area contributed by atoms with Crippen LogP contribution in [0, 0.1) is 5.82 Å². The van der Waals surface area contributed by atoms with Crippen LogP contribution < -0.4 is 5.32 Å². The van der Waals surface area contributed by atoms with Crippen LogP contribution in [0.3, 0.4) is 0 Å². The van der Waals surface area contributed by atoms with Crippen molar-refractivity contribution in [1.29, 1.82) is 0 Å². The van der Waals surface area contributed by atoms with E-state index in [-0.39, 0.29) is 5.69 Å². The van der Waals surface area contributed by atoms with E-state index >= 15 is 0 Å². The summed E-state index contributed by atoms with van der Waals surface area (Å²) in [5.41, 5.74) is 0.211. The maximum atomic E-state index is 13.3. The molecule has 3 nitrogen and oxygen atoms in total. The largest absolute Gasteiger partial charge is 0.326 e. The number of nitrogens with zero attached hydrogens (tertiary/aromatic N) is 2. The molecule has 1 N–H and O–H groups in total. The quantitative estimate of drug-likeness (QED) is 0.916. The minimum Gasteiger partial charge on any atom is -0.326 e. The SMILES string of the molecule is Fc1cccc(Cl)c1Nc1nnc(Br)s1. The third-order valence-corrected chi connectivity index (χ3v) is 3.18. The highest BCUT2D eigenvalue weighted by Crippen LogP contribution is 2.30. The molecule has 0 aliphatic rings. The zero-order valence-electron chi connectivity index (χ0n) is 7.17. The molecular formula is C8H4BrClFN3S. The lowest BCUT2D eigenvalue weighted by molar-refractivity contribution is 0.632. The maximum absolute atomic E-state index is 13.3. The molecule has 0 saturated carbocycles. The van der Waals surface area contributed by atoms with Gasteiger partial charge in [-0.25, -0.2) is 4.39 Å². The molecule has 0 radical (unpaired) electrons. The Balaban J connectivity index is 2.31. The maximum Gasteiger partial charge on any atom is 0.211 e. The second-order valence-electron chi connectivity index (χ2n) is 2.58. The molecule has 0 aliphatic heterocycles. The Bertz CT molecular complexity index is 470. The number of halogens is 3. The average molecular weight is 309 g/mol. The van der Waals surface area contributed by atoms with Gasteiger partial charge in [-0.2, -0.15) is 0 Å². The van der Waals surface area contributed by atoms with Gasteiger partial charge in [-0.1, -0.05) is 29.0 Å². The molecule has 1 heterocycles. The van der Waals surface area contributed by atoms with Gasteiger partial charge in [0, 0.05) is 0 Å². The van der Waals surface area contributed by atoms with E-state index in [0.717, 1.165) is 0 Å². The van der Waals surface area contributed by atoms with Gasteiger partial charge in [0.15, 0.2) is 3.92 Å². The molecule has 15 heavy (non-hydrogen) atoms. The van der Waals surface area contributed by atoms with Crippen molar-refractivity contribution >= 4 is 49.7 Å². The van der Waals surface area contributed by atoms with Gasteiger partial charge in [0.1, 0.15) is 5.82 Å². The van der Waals surface area contributed by atoms with Crippen molar-refractivity contribution in [1.82, 2.24) is 10.2 Å². The van der Waals surface area contributed by atoms with E-state index in [2.05, 4.69) is 31.4 Å². The van der Waals surface area contributed by atoms with E-state index < -0.39 is 5.82 Å². The van der Waals surface area contributed by atoms with Crippen LogP contribution >= 0.6 is 38.9 Å². The van der Waals surface area contributed by atoms with Gasteiger partial charge < -0.3 is 5.32 Å². The number of hydrogen-bond acceptors (Lipinski definition) is 4. The summed E-state index contributed by atoms with van der Waals surface area (Å²) < 4.78 is 14.0. The highest BCUT2D eigenvalue weighted by molar-refractivity contribution is 9.11. The summed E-state index contributed by atoms with van der Waals surface area (Å²) >= 11 is 10.2. The predicted molar refractivity (Wildman–Crippen MR) is 62.3 cm³/mol. The van der Waals surface area contributed by atoms with Crippen LogP contribution in [0.5, 0.6) is 0 Å². The van der Waals surface area contributed by atoms with Crippen molar-refractivity contribution in [2.45, 2.75) is 0 Å². The molecule has 2 rings (SSSR count). The van der Waals surface area contributed by atoms with Crippen LogP contribution in [0.2, 0.25) is 5.02 Å². The minimum atomic E-state index is -0.422. The molecule has 2 aromatic rings. The zero-order valence-corrected chi connectivity index (χ0v) is 10.3. The first-order chi connectivity index (χ1) is 7.16. The monoisotopic (exact) mass is 307 g/mol. The second kappa shape index (κ2) is 4.42. The smallest absolute Gasteiger partial charge is 0.211 e. The number of benzene rings is 1. The van der Waals surface area contributed by atoms with Crippen LogP contribution in [0.1, 0.15) is 0 Å². The van der Waals surface area contributed by atoms with Gasteiger partial charge >= 0.3 is 0 Å². The molecule has 0 aliphatic carbocycles. The summed E-state index contributed by atoms with van der Waals surface area (Å²) in [6.07, 6.45) is 0. The molecule has 0 saturated heterocycles. The predicted octanol–water partition coefficient (Wildman–Crippen LogP) is 3.84. The second-order valence-corrected chi connectivity index (χ2v) is 5.24. The van der Waals surface area contributed by atoms with E-state index in [1.165, 1.54) is 17.4 Å². The number of para-hydroxylation sites is 1. The molecule has 0 unspecified atom stereocenters. The average Bonchev–Trinajstić information content (AvgIpc) is 2.58. The number of rotatable bonds is 2. The van der Waals surface area contributed by atoms with Gasteiger partial charge in [-0.05, 0) is 28.1 Å². The van der Waals surface area contributed by atoms with Crippen molar-refractivity contribution in [2.75, 3.05) is 5.32 Å². The van der Waals surface area contributed by atoms with Crippen LogP contribution in [0.15, 0.2) is 22.1 Å². The molecule has 0 amide bonds. The molecule has 1 aromatic carbocycles. The fourth-order valence-electron chi connectivity index (χ4n) is 0.980. The lowest BCUT2D eigenvalue weighted by Gasteiger charge is -2.04. The summed E-state index contributed by atoms with van der Waals surface area (Å²) in [6.45, 7) is 0. The first kappa shape index (κ1) is 10.8. The van der Waals surface area contributed by atoms with Gasteiger partial charge in [-0.15, -0.1) is 10.2 Å². The van der Waals surface area contributed by atoms with Crippen LogP contribution in [-0.2, 0) is 0 Å². The van der Waals surface area contributed by atoms with Gasteiger partial charge in [0.25, 0.3) is 0 Å². The molecule has 0 fully saturated rings. The zero-order chi connectivity index (χ0) is 10.8. The molecule has 1 aromatic heterocycles. The van der Waals surface area contributed by atoms with Crippen LogP contribution in [0.25, 0.3) is 0 Å². The number of nitrogens with one attached hydrogen (secondary N) is 1. The lowest BCUT2D eigenvalue weighted by Crippen LogP contribution is -1.94. The van der Waals surface area contributed by atoms with Crippen molar-refractivity contribution < 1.29 is 4.39 Å². The minimum absolute atomic E-state index is 0.211. The Kier molecular flexibility index (Phi) is 3.18. The number of aromatic nitrogens is 2. The van der Waals surface area contributed by atoms with Crippen LogP contribution in [-0.4, -0.2) is 10.2 Å². The lowest BCUT2D eigenvalue weighted by atomic mass is 10.3. The molecule has 7 heteroatoms. The topological polar surface area (TPSA) is 37.8 Å². The fourth-order valence-corrected chi connectivity index (χ4v) is 2.21. The van der Waals surface area contributed by atoms with E-state index in [4.69, 9.17) is 11.6 Å². The first-order valence-electron chi connectivity index (χ1n) is 3.87. The summed E-state index contributed by atoms with van der Waals surface area (Å²) in [7, 11) is 0. The Morgan fingerprint density at radius 2 is 2.20 bits per heavy atom. The van der Waals surface area contributed by atoms with Gasteiger partial charge in [0.2, 0.25) is 5.13 Å². The van der Waals surface area contributed by atoms with E-state index in [1.54, 1.807) is 12.1 Å². The normalized spacial score (nSPS) is 10.3. The van der Waals surface area contributed by atoms with Crippen molar-refractivity contribution in [3.05, 3.63) is 33.0 Å². The summed E-state index contributed by atoms with van der Waals surface area (Å²) in [5, 5.41) is 11.1. The Hall–Kier alpha value is -0.720. The molecule has 0 atom stereocenters. The number of hydrogen-bond donors (Lipinski definition) is 1. The van der Waals surface area contributed by atoms with E-state index in [0.29, 0.717) is 14.1 Å². The molecule has 78 valence electrons. The summed E-state index contributed by atoms with van der Waals surface area (Å²) in [5.74, 6) is -0.422. The third kappa shape index (κ3) is 2.45. The van der Waals surface area contributed by atoms with E-state index in [1.807, 2.05) is 0 Å². The number of anilines is 2. The van der Waals surface area contributed by atoms with Crippen LogP contribution in [0.4, 0.5) is 15.2 Å². The summed E-state index contributed by atoms with van der Waals surface area (Å²) in [6, 6.07) is 4.46. The highest BCUT2D eigenvalue weighted by atomic mass is 79.9. The Labute approximate surface area is 102 Å².